The molecule has 0 radical (unpaired) electrons. The average Bonchev–Trinajstić information content (AvgIpc) is 2.92. The number of carbonyl (C=O) groups is 3. The number of carboxylic acids is 1. The lowest BCUT2D eigenvalue weighted by Crippen LogP contribution is -2.43. The zero-order chi connectivity index (χ0) is 15.8. The van der Waals surface area contributed by atoms with Crippen molar-refractivity contribution in [3.8, 4) is 0 Å². The van der Waals surface area contributed by atoms with E-state index in [9.17, 15) is 14.4 Å². The fourth-order valence-electron chi connectivity index (χ4n) is 2.62. The Bertz CT molecular complexity index is 384. The van der Waals surface area contributed by atoms with Crippen LogP contribution in [0.4, 0.5) is 0 Å². The highest BCUT2D eigenvalue weighted by Gasteiger charge is 2.40. The Labute approximate surface area is 124 Å². The van der Waals surface area contributed by atoms with Gasteiger partial charge in [-0.25, -0.2) is 0 Å². The number of carbonyl (C=O) groups excluding carboxylic acids is 2. The lowest BCUT2D eigenvalue weighted by atomic mass is 9.94. The molecule has 0 saturated heterocycles. The summed E-state index contributed by atoms with van der Waals surface area (Å²) < 4.78 is 9.79. The Kier molecular flexibility index (Phi) is 7.14. The fourth-order valence-corrected chi connectivity index (χ4v) is 2.62. The van der Waals surface area contributed by atoms with Crippen molar-refractivity contribution in [2.75, 3.05) is 33.4 Å². The third kappa shape index (κ3) is 5.00. The monoisotopic (exact) mass is 301 g/mol. The molecule has 0 aromatic heterocycles. The van der Waals surface area contributed by atoms with Crippen molar-refractivity contribution in [2.45, 2.75) is 26.2 Å². The summed E-state index contributed by atoms with van der Waals surface area (Å²) in [4.78, 5) is 36.6. The Hall–Kier alpha value is -1.63. The van der Waals surface area contributed by atoms with Crippen molar-refractivity contribution < 1.29 is 29.0 Å². The minimum absolute atomic E-state index is 0.168. The third-order valence-electron chi connectivity index (χ3n) is 3.65. The van der Waals surface area contributed by atoms with Gasteiger partial charge in [0.05, 0.1) is 25.0 Å². The number of ether oxygens (including phenoxy) is 2. The highest BCUT2D eigenvalue weighted by molar-refractivity contribution is 5.87. The molecule has 1 amide bonds. The van der Waals surface area contributed by atoms with Crippen LogP contribution in [0.15, 0.2) is 0 Å². The van der Waals surface area contributed by atoms with Gasteiger partial charge in [-0.1, -0.05) is 6.42 Å². The van der Waals surface area contributed by atoms with E-state index in [1.54, 1.807) is 6.92 Å². The Morgan fingerprint density at radius 1 is 1.24 bits per heavy atom. The first-order valence-corrected chi connectivity index (χ1v) is 7.17. The molecule has 0 spiro atoms. The van der Waals surface area contributed by atoms with E-state index in [1.165, 1.54) is 12.0 Å². The SMILES string of the molecule is CCOC(=O)CN(CCOC)C(=O)C1CCCC1C(=O)O. The molecule has 7 heteroatoms. The predicted molar refractivity (Wildman–Crippen MR) is 73.6 cm³/mol. The highest BCUT2D eigenvalue weighted by Crippen LogP contribution is 2.33. The Morgan fingerprint density at radius 3 is 2.48 bits per heavy atom. The third-order valence-corrected chi connectivity index (χ3v) is 3.65. The molecule has 0 bridgehead atoms. The number of hydrogen-bond donors (Lipinski definition) is 1. The standard InChI is InChI=1S/C14H23NO6/c1-3-21-12(16)9-15(7-8-20-2)13(17)10-5-4-6-11(10)14(18)19/h10-11H,3-9H2,1-2H3,(H,18,19). The summed E-state index contributed by atoms with van der Waals surface area (Å²) in [7, 11) is 1.50. The summed E-state index contributed by atoms with van der Waals surface area (Å²) in [5, 5.41) is 9.17. The zero-order valence-corrected chi connectivity index (χ0v) is 12.5. The zero-order valence-electron chi connectivity index (χ0n) is 12.5. The normalized spacial score (nSPS) is 21.0. The molecule has 2 atom stereocenters. The fraction of sp³-hybridized carbons (Fsp3) is 0.786. The van der Waals surface area contributed by atoms with Gasteiger partial charge in [-0.3, -0.25) is 14.4 Å². The molecule has 7 nitrogen and oxygen atoms in total. The topological polar surface area (TPSA) is 93.1 Å². The molecule has 0 aliphatic heterocycles. The first kappa shape index (κ1) is 17.4. The molecule has 0 aromatic carbocycles. The summed E-state index contributed by atoms with van der Waals surface area (Å²) in [6, 6.07) is 0. The van der Waals surface area contributed by atoms with Crippen LogP contribution in [-0.4, -0.2) is 61.3 Å². The van der Waals surface area contributed by atoms with Gasteiger partial charge in [-0.15, -0.1) is 0 Å². The van der Waals surface area contributed by atoms with Crippen molar-refractivity contribution in [1.29, 1.82) is 0 Å². The molecule has 1 fully saturated rings. The average molecular weight is 301 g/mol. The van der Waals surface area contributed by atoms with Gasteiger partial charge in [0, 0.05) is 13.7 Å². The highest BCUT2D eigenvalue weighted by atomic mass is 16.5. The van der Waals surface area contributed by atoms with E-state index >= 15 is 0 Å². The van der Waals surface area contributed by atoms with Crippen LogP contribution in [0.25, 0.3) is 0 Å². The number of rotatable bonds is 8. The van der Waals surface area contributed by atoms with Crippen molar-refractivity contribution in [1.82, 2.24) is 4.90 Å². The van der Waals surface area contributed by atoms with E-state index in [2.05, 4.69) is 0 Å². The number of carboxylic acid groups (broad SMARTS) is 1. The van der Waals surface area contributed by atoms with Crippen molar-refractivity contribution in [3.63, 3.8) is 0 Å². The van der Waals surface area contributed by atoms with Crippen LogP contribution >= 0.6 is 0 Å². The number of methoxy groups -OCH3 is 1. The lowest BCUT2D eigenvalue weighted by molar-refractivity contribution is -0.153. The van der Waals surface area contributed by atoms with Gasteiger partial charge in [0.15, 0.2) is 0 Å². The summed E-state index contributed by atoms with van der Waals surface area (Å²) in [5.41, 5.74) is 0. The van der Waals surface area contributed by atoms with E-state index in [4.69, 9.17) is 14.6 Å². The lowest BCUT2D eigenvalue weighted by Gasteiger charge is -2.26. The first-order valence-electron chi connectivity index (χ1n) is 7.17. The Morgan fingerprint density at radius 2 is 1.90 bits per heavy atom. The van der Waals surface area contributed by atoms with Gasteiger partial charge in [0.25, 0.3) is 0 Å². The van der Waals surface area contributed by atoms with Crippen LogP contribution in [0, 0.1) is 11.8 Å². The van der Waals surface area contributed by atoms with E-state index in [1.807, 2.05) is 0 Å². The molecular formula is C14H23NO6. The summed E-state index contributed by atoms with van der Waals surface area (Å²) in [5.74, 6) is -2.97. The van der Waals surface area contributed by atoms with Gasteiger partial charge in [0.1, 0.15) is 6.54 Å². The molecule has 120 valence electrons. The van der Waals surface area contributed by atoms with Crippen LogP contribution in [0.3, 0.4) is 0 Å². The summed E-state index contributed by atoms with van der Waals surface area (Å²) in [6.45, 7) is 2.30. The molecule has 1 rings (SSSR count). The van der Waals surface area contributed by atoms with Gasteiger partial charge in [-0.05, 0) is 19.8 Å². The van der Waals surface area contributed by atoms with Crippen molar-refractivity contribution in [2.24, 2.45) is 11.8 Å². The van der Waals surface area contributed by atoms with Crippen LogP contribution in [0.1, 0.15) is 26.2 Å². The van der Waals surface area contributed by atoms with Gasteiger partial charge < -0.3 is 19.5 Å². The minimum Gasteiger partial charge on any atom is -0.481 e. The largest absolute Gasteiger partial charge is 0.481 e. The molecular weight excluding hydrogens is 278 g/mol. The van der Waals surface area contributed by atoms with Crippen molar-refractivity contribution in [3.05, 3.63) is 0 Å². The molecule has 21 heavy (non-hydrogen) atoms. The maximum absolute atomic E-state index is 12.5. The van der Waals surface area contributed by atoms with Gasteiger partial charge >= 0.3 is 11.9 Å². The van der Waals surface area contributed by atoms with E-state index in [0.717, 1.165) is 0 Å². The number of nitrogens with zero attached hydrogens (tertiary/aromatic N) is 1. The first-order chi connectivity index (χ1) is 10.0. The summed E-state index contributed by atoms with van der Waals surface area (Å²) in [6.07, 6.45) is 1.76. The van der Waals surface area contributed by atoms with E-state index in [0.29, 0.717) is 19.3 Å². The van der Waals surface area contributed by atoms with Crippen LogP contribution in [-0.2, 0) is 23.9 Å². The van der Waals surface area contributed by atoms with Crippen LogP contribution < -0.4 is 0 Å². The number of hydrogen-bond acceptors (Lipinski definition) is 5. The minimum atomic E-state index is -0.950. The second-order valence-corrected chi connectivity index (χ2v) is 5.04. The van der Waals surface area contributed by atoms with Crippen LogP contribution in [0.2, 0.25) is 0 Å². The van der Waals surface area contributed by atoms with Gasteiger partial charge in [-0.2, -0.15) is 0 Å². The quantitative estimate of drug-likeness (QED) is 0.657. The van der Waals surface area contributed by atoms with E-state index < -0.39 is 23.8 Å². The van der Waals surface area contributed by atoms with Gasteiger partial charge in [0.2, 0.25) is 5.91 Å². The number of aliphatic carboxylic acids is 1. The maximum Gasteiger partial charge on any atom is 0.325 e. The maximum atomic E-state index is 12.5. The molecule has 1 N–H and O–H groups in total. The number of esters is 1. The predicted octanol–water partition coefficient (Wildman–Crippen LogP) is 0.525. The molecule has 2 unspecified atom stereocenters. The smallest absolute Gasteiger partial charge is 0.325 e. The van der Waals surface area contributed by atoms with E-state index in [-0.39, 0.29) is 32.2 Å². The van der Waals surface area contributed by atoms with Crippen molar-refractivity contribution >= 4 is 17.8 Å². The molecule has 1 aliphatic carbocycles. The second kappa shape index (κ2) is 8.61. The number of amides is 1. The molecule has 1 aliphatic rings. The second-order valence-electron chi connectivity index (χ2n) is 5.04. The van der Waals surface area contributed by atoms with Crippen LogP contribution in [0.5, 0.6) is 0 Å². The summed E-state index contributed by atoms with van der Waals surface area (Å²) >= 11 is 0. The molecule has 0 heterocycles. The Balaban J connectivity index is 2.73. The molecule has 1 saturated carbocycles. The molecule has 0 aromatic rings.